The second-order valence-corrected chi connectivity index (χ2v) is 5.29. The van der Waals surface area contributed by atoms with Crippen LogP contribution in [0.5, 0.6) is 0 Å². The van der Waals surface area contributed by atoms with Crippen LogP contribution in [0, 0.1) is 5.82 Å². The molecule has 0 bridgehead atoms. The lowest BCUT2D eigenvalue weighted by Crippen LogP contribution is -2.26. The van der Waals surface area contributed by atoms with Crippen LogP contribution in [0.15, 0.2) is 23.3 Å². The number of hydrogen-bond acceptors (Lipinski definition) is 2. The van der Waals surface area contributed by atoms with Gasteiger partial charge in [0.25, 0.3) is 0 Å². The molecule has 1 aromatic carbocycles. The summed E-state index contributed by atoms with van der Waals surface area (Å²) in [7, 11) is 0. The smallest absolute Gasteiger partial charge is 0.247 e. The van der Waals surface area contributed by atoms with Gasteiger partial charge in [-0.25, -0.2) is 4.39 Å². The van der Waals surface area contributed by atoms with Crippen LogP contribution in [0.4, 0.5) is 10.1 Å². The zero-order valence-electron chi connectivity index (χ0n) is 11.5. The standard InChI is InChI=1S/C15H18ClFN2O/c1-2-12-6-4-3-5-7-15(20)19(18-12)14-9-8-11(17)10-13(14)16/h8-10H,2-7H2,1H3/b18-12-. The number of hydrazone groups is 1. The van der Waals surface area contributed by atoms with Crippen LogP contribution in [-0.2, 0) is 4.79 Å². The normalized spacial score (nSPS) is 19.9. The summed E-state index contributed by atoms with van der Waals surface area (Å²) in [4.78, 5) is 12.3. The fourth-order valence-corrected chi connectivity index (χ4v) is 2.47. The Bertz CT molecular complexity index is 531. The first-order chi connectivity index (χ1) is 9.61. The molecule has 0 saturated carbocycles. The van der Waals surface area contributed by atoms with Gasteiger partial charge < -0.3 is 0 Å². The largest absolute Gasteiger partial charge is 0.273 e. The highest BCUT2D eigenvalue weighted by Gasteiger charge is 2.20. The molecule has 20 heavy (non-hydrogen) atoms. The summed E-state index contributed by atoms with van der Waals surface area (Å²) in [6.45, 7) is 2.02. The summed E-state index contributed by atoms with van der Waals surface area (Å²) in [5, 5.41) is 5.99. The highest BCUT2D eigenvalue weighted by molar-refractivity contribution is 6.33. The van der Waals surface area contributed by atoms with Crippen LogP contribution in [0.1, 0.15) is 45.4 Å². The van der Waals surface area contributed by atoms with Crippen molar-refractivity contribution < 1.29 is 9.18 Å². The van der Waals surface area contributed by atoms with Gasteiger partial charge in [-0.2, -0.15) is 10.1 Å². The lowest BCUT2D eigenvalue weighted by molar-refractivity contribution is -0.118. The molecule has 0 aliphatic carbocycles. The lowest BCUT2D eigenvalue weighted by Gasteiger charge is -2.19. The van der Waals surface area contributed by atoms with Crippen molar-refractivity contribution in [1.29, 1.82) is 0 Å². The zero-order valence-corrected chi connectivity index (χ0v) is 12.3. The average molecular weight is 297 g/mol. The molecule has 0 atom stereocenters. The molecule has 1 aliphatic heterocycles. The Hall–Kier alpha value is -1.42. The first-order valence-electron chi connectivity index (χ1n) is 6.96. The molecular weight excluding hydrogens is 279 g/mol. The maximum absolute atomic E-state index is 13.1. The van der Waals surface area contributed by atoms with E-state index in [2.05, 4.69) is 5.10 Å². The van der Waals surface area contributed by atoms with Crippen molar-refractivity contribution in [3.05, 3.63) is 29.0 Å². The van der Waals surface area contributed by atoms with E-state index in [4.69, 9.17) is 11.6 Å². The third-order valence-electron chi connectivity index (χ3n) is 3.38. The molecule has 108 valence electrons. The van der Waals surface area contributed by atoms with Gasteiger partial charge in [-0.3, -0.25) is 4.79 Å². The SMILES string of the molecule is CC/C1=N/N(c2ccc(F)cc2Cl)C(=O)CCCCC1. The Balaban J connectivity index is 2.41. The van der Waals surface area contributed by atoms with Gasteiger partial charge in [-0.15, -0.1) is 0 Å². The molecule has 0 aromatic heterocycles. The first-order valence-corrected chi connectivity index (χ1v) is 7.34. The predicted octanol–water partition coefficient (Wildman–Crippen LogP) is 4.54. The predicted molar refractivity (Wildman–Crippen MR) is 79.7 cm³/mol. The van der Waals surface area contributed by atoms with Gasteiger partial charge in [0.05, 0.1) is 10.7 Å². The second kappa shape index (κ2) is 6.84. The number of carbonyl (C=O) groups is 1. The summed E-state index contributed by atoms with van der Waals surface area (Å²) < 4.78 is 13.1. The third-order valence-corrected chi connectivity index (χ3v) is 3.68. The van der Waals surface area contributed by atoms with Gasteiger partial charge >= 0.3 is 0 Å². The van der Waals surface area contributed by atoms with E-state index in [0.29, 0.717) is 12.1 Å². The summed E-state index contributed by atoms with van der Waals surface area (Å²) in [5.41, 5.74) is 1.42. The Morgan fingerprint density at radius 2 is 2.05 bits per heavy atom. The van der Waals surface area contributed by atoms with Gasteiger partial charge in [-0.05, 0) is 43.9 Å². The molecule has 2 rings (SSSR count). The summed E-state index contributed by atoms with van der Waals surface area (Å²) in [6, 6.07) is 4.00. The molecule has 0 saturated heterocycles. The van der Waals surface area contributed by atoms with Crippen molar-refractivity contribution in [2.45, 2.75) is 45.4 Å². The van der Waals surface area contributed by atoms with Gasteiger partial charge in [0, 0.05) is 12.1 Å². The third kappa shape index (κ3) is 3.57. The van der Waals surface area contributed by atoms with Crippen LogP contribution in [0.25, 0.3) is 0 Å². The Morgan fingerprint density at radius 3 is 2.75 bits per heavy atom. The molecule has 1 aliphatic rings. The molecule has 5 heteroatoms. The van der Waals surface area contributed by atoms with Crippen LogP contribution in [-0.4, -0.2) is 11.6 Å². The molecule has 0 fully saturated rings. The van der Waals surface area contributed by atoms with E-state index in [9.17, 15) is 9.18 Å². The maximum atomic E-state index is 13.1. The molecule has 0 spiro atoms. The molecule has 0 radical (unpaired) electrons. The van der Waals surface area contributed by atoms with Gasteiger partial charge in [-0.1, -0.05) is 24.9 Å². The summed E-state index contributed by atoms with van der Waals surface area (Å²) >= 11 is 6.05. The fraction of sp³-hybridized carbons (Fsp3) is 0.467. The molecule has 0 unspecified atom stereocenters. The van der Waals surface area contributed by atoms with Crippen molar-refractivity contribution in [2.75, 3.05) is 5.01 Å². The van der Waals surface area contributed by atoms with Crippen molar-refractivity contribution in [1.82, 2.24) is 0 Å². The van der Waals surface area contributed by atoms with Crippen molar-refractivity contribution in [2.24, 2.45) is 5.10 Å². The van der Waals surface area contributed by atoms with Crippen molar-refractivity contribution in [3.63, 3.8) is 0 Å². The Labute approximate surface area is 123 Å². The Kier molecular flexibility index (Phi) is 5.12. The average Bonchev–Trinajstić information content (AvgIpc) is 2.50. The molecule has 3 nitrogen and oxygen atoms in total. The van der Waals surface area contributed by atoms with Gasteiger partial charge in [0.2, 0.25) is 5.91 Å². The molecule has 1 amide bonds. The van der Waals surface area contributed by atoms with E-state index in [1.165, 1.54) is 23.2 Å². The van der Waals surface area contributed by atoms with E-state index in [0.717, 1.165) is 37.8 Å². The molecule has 0 N–H and O–H groups in total. The minimum absolute atomic E-state index is 0.0913. The lowest BCUT2D eigenvalue weighted by atomic mass is 10.1. The number of amides is 1. The van der Waals surface area contributed by atoms with E-state index in [1.54, 1.807) is 0 Å². The number of rotatable bonds is 2. The number of benzene rings is 1. The zero-order chi connectivity index (χ0) is 14.5. The van der Waals surface area contributed by atoms with Crippen LogP contribution < -0.4 is 5.01 Å². The first kappa shape index (κ1) is 15.0. The number of carbonyl (C=O) groups excluding carboxylic acids is 1. The van der Waals surface area contributed by atoms with Crippen LogP contribution in [0.2, 0.25) is 5.02 Å². The highest BCUT2D eigenvalue weighted by atomic mass is 35.5. The topological polar surface area (TPSA) is 32.7 Å². The van der Waals surface area contributed by atoms with E-state index in [1.807, 2.05) is 6.92 Å². The fourth-order valence-electron chi connectivity index (χ4n) is 2.22. The van der Waals surface area contributed by atoms with E-state index >= 15 is 0 Å². The Morgan fingerprint density at radius 1 is 1.30 bits per heavy atom. The van der Waals surface area contributed by atoms with Gasteiger partial charge in [0.1, 0.15) is 5.82 Å². The second-order valence-electron chi connectivity index (χ2n) is 4.88. The molecule has 1 heterocycles. The van der Waals surface area contributed by atoms with Crippen LogP contribution >= 0.6 is 11.6 Å². The van der Waals surface area contributed by atoms with Crippen LogP contribution in [0.3, 0.4) is 0 Å². The molecule has 1 aromatic rings. The van der Waals surface area contributed by atoms with Gasteiger partial charge in [0.15, 0.2) is 0 Å². The summed E-state index contributed by atoms with van der Waals surface area (Å²) in [5.74, 6) is -0.512. The maximum Gasteiger partial charge on any atom is 0.247 e. The monoisotopic (exact) mass is 296 g/mol. The highest BCUT2D eigenvalue weighted by Crippen LogP contribution is 2.28. The van der Waals surface area contributed by atoms with Crippen molar-refractivity contribution >= 4 is 28.9 Å². The summed E-state index contributed by atoms with van der Waals surface area (Å²) in [6.07, 6.45) is 5.04. The number of hydrogen-bond donors (Lipinski definition) is 0. The number of anilines is 1. The minimum atomic E-state index is -0.421. The minimum Gasteiger partial charge on any atom is -0.273 e. The molecular formula is C15H18ClFN2O. The number of halogens is 2. The van der Waals surface area contributed by atoms with E-state index in [-0.39, 0.29) is 10.9 Å². The van der Waals surface area contributed by atoms with Crippen molar-refractivity contribution in [3.8, 4) is 0 Å². The van der Waals surface area contributed by atoms with E-state index < -0.39 is 5.82 Å². The number of nitrogens with zero attached hydrogens (tertiary/aromatic N) is 2. The quantitative estimate of drug-likeness (QED) is 0.788.